The molecular formula is C18H21NO3. The van der Waals surface area contributed by atoms with Crippen LogP contribution in [-0.2, 0) is 17.8 Å². The maximum absolute atomic E-state index is 11.9. The number of likely N-dealkylation sites (N-methyl/N-ethyl adjacent to an activating group) is 1. The van der Waals surface area contributed by atoms with E-state index in [1.165, 1.54) is 0 Å². The van der Waals surface area contributed by atoms with E-state index in [9.17, 15) is 4.79 Å². The Labute approximate surface area is 131 Å². The third kappa shape index (κ3) is 4.81. The molecule has 0 heterocycles. The summed E-state index contributed by atoms with van der Waals surface area (Å²) in [5.41, 5.74) is 2.14. The van der Waals surface area contributed by atoms with E-state index in [4.69, 9.17) is 9.47 Å². The first-order valence-corrected chi connectivity index (χ1v) is 7.24. The second-order valence-electron chi connectivity index (χ2n) is 5.06. The van der Waals surface area contributed by atoms with Crippen molar-refractivity contribution in [3.8, 4) is 5.75 Å². The number of carbonyl (C=O) groups is 1. The van der Waals surface area contributed by atoms with Crippen LogP contribution in [0.1, 0.15) is 11.1 Å². The third-order valence-electron chi connectivity index (χ3n) is 3.41. The Hall–Kier alpha value is -2.49. The Morgan fingerprint density at radius 3 is 2.32 bits per heavy atom. The van der Waals surface area contributed by atoms with Crippen LogP contribution in [0.15, 0.2) is 54.6 Å². The Balaban J connectivity index is 1.76. The van der Waals surface area contributed by atoms with Crippen LogP contribution in [0.3, 0.4) is 0 Å². The van der Waals surface area contributed by atoms with Crippen LogP contribution in [0.5, 0.6) is 5.75 Å². The minimum atomic E-state index is -0.308. The number of hydrogen-bond donors (Lipinski definition) is 0. The van der Waals surface area contributed by atoms with Crippen LogP contribution in [0.4, 0.5) is 4.79 Å². The molecule has 0 bridgehead atoms. The Morgan fingerprint density at radius 1 is 1.00 bits per heavy atom. The van der Waals surface area contributed by atoms with Crippen molar-refractivity contribution in [3.63, 3.8) is 0 Å². The van der Waals surface area contributed by atoms with Crippen molar-refractivity contribution >= 4 is 6.09 Å². The number of nitrogens with zero attached hydrogens (tertiary/aromatic N) is 1. The molecule has 2 aromatic rings. The molecule has 0 atom stereocenters. The fourth-order valence-corrected chi connectivity index (χ4v) is 2.01. The van der Waals surface area contributed by atoms with Gasteiger partial charge in [0.1, 0.15) is 12.4 Å². The van der Waals surface area contributed by atoms with Crippen molar-refractivity contribution in [3.05, 3.63) is 65.7 Å². The zero-order valence-corrected chi connectivity index (χ0v) is 13.0. The molecule has 0 N–H and O–H groups in total. The van der Waals surface area contributed by atoms with Crippen molar-refractivity contribution < 1.29 is 14.3 Å². The highest BCUT2D eigenvalue weighted by atomic mass is 16.6. The van der Waals surface area contributed by atoms with Gasteiger partial charge in [-0.15, -0.1) is 0 Å². The quantitative estimate of drug-likeness (QED) is 0.819. The Morgan fingerprint density at radius 2 is 1.68 bits per heavy atom. The molecule has 0 radical (unpaired) electrons. The molecule has 0 saturated heterocycles. The predicted octanol–water partition coefficient (Wildman–Crippen LogP) is 3.51. The van der Waals surface area contributed by atoms with Gasteiger partial charge in [-0.2, -0.15) is 0 Å². The lowest BCUT2D eigenvalue weighted by Crippen LogP contribution is -2.29. The van der Waals surface area contributed by atoms with Gasteiger partial charge in [0, 0.05) is 13.6 Å². The van der Waals surface area contributed by atoms with Crippen LogP contribution >= 0.6 is 0 Å². The van der Waals surface area contributed by atoms with E-state index in [0.29, 0.717) is 13.2 Å². The zero-order valence-electron chi connectivity index (χ0n) is 13.0. The first-order valence-electron chi connectivity index (χ1n) is 7.24. The maximum Gasteiger partial charge on any atom is 0.409 e. The first-order chi connectivity index (χ1) is 10.7. The average Bonchev–Trinajstić information content (AvgIpc) is 2.58. The van der Waals surface area contributed by atoms with E-state index < -0.39 is 0 Å². The smallest absolute Gasteiger partial charge is 0.409 e. The molecule has 0 spiro atoms. The van der Waals surface area contributed by atoms with Gasteiger partial charge >= 0.3 is 6.09 Å². The SMILES string of the molecule is COc1ccc(CCN(C)C(=O)OCc2ccccc2)cc1. The standard InChI is InChI=1S/C18H21NO3/c1-19(13-12-15-8-10-17(21-2)11-9-15)18(20)22-14-16-6-4-3-5-7-16/h3-11H,12-14H2,1-2H3. The summed E-state index contributed by atoms with van der Waals surface area (Å²) in [7, 11) is 3.39. The number of ether oxygens (including phenoxy) is 2. The highest BCUT2D eigenvalue weighted by molar-refractivity contribution is 5.67. The summed E-state index contributed by atoms with van der Waals surface area (Å²) in [5.74, 6) is 0.833. The Bertz CT molecular complexity index is 581. The summed E-state index contributed by atoms with van der Waals surface area (Å²) in [6.45, 7) is 0.909. The molecule has 0 fully saturated rings. The van der Waals surface area contributed by atoms with Crippen molar-refractivity contribution in [1.29, 1.82) is 0 Å². The summed E-state index contributed by atoms with van der Waals surface area (Å²) < 4.78 is 10.4. The second-order valence-corrected chi connectivity index (χ2v) is 5.06. The molecule has 4 nitrogen and oxygen atoms in total. The first kappa shape index (κ1) is 15.9. The van der Waals surface area contributed by atoms with Gasteiger partial charge in [0.15, 0.2) is 0 Å². The molecule has 2 rings (SSSR count). The van der Waals surface area contributed by atoms with Crippen molar-refractivity contribution in [1.82, 2.24) is 4.90 Å². The topological polar surface area (TPSA) is 38.8 Å². The summed E-state index contributed by atoms with van der Waals surface area (Å²) in [6, 6.07) is 17.5. The highest BCUT2D eigenvalue weighted by Crippen LogP contribution is 2.12. The van der Waals surface area contributed by atoms with Gasteiger partial charge in [-0.1, -0.05) is 42.5 Å². The lowest BCUT2D eigenvalue weighted by molar-refractivity contribution is 0.105. The molecule has 0 saturated carbocycles. The number of rotatable bonds is 6. The van der Waals surface area contributed by atoms with Gasteiger partial charge in [0.2, 0.25) is 0 Å². The predicted molar refractivity (Wildman–Crippen MR) is 86.0 cm³/mol. The van der Waals surface area contributed by atoms with E-state index in [0.717, 1.165) is 23.3 Å². The minimum absolute atomic E-state index is 0.298. The van der Waals surface area contributed by atoms with E-state index >= 15 is 0 Å². The molecule has 1 amide bonds. The molecule has 0 unspecified atom stereocenters. The summed E-state index contributed by atoms with van der Waals surface area (Å²) in [6.07, 6.45) is 0.471. The van der Waals surface area contributed by atoms with Gasteiger partial charge in [0.05, 0.1) is 7.11 Å². The van der Waals surface area contributed by atoms with Crippen LogP contribution < -0.4 is 4.74 Å². The molecule has 0 aliphatic heterocycles. The van der Waals surface area contributed by atoms with Gasteiger partial charge in [-0.05, 0) is 29.7 Å². The van der Waals surface area contributed by atoms with Gasteiger partial charge < -0.3 is 14.4 Å². The van der Waals surface area contributed by atoms with E-state index in [2.05, 4.69) is 0 Å². The van der Waals surface area contributed by atoms with E-state index in [1.54, 1.807) is 19.1 Å². The van der Waals surface area contributed by atoms with Crippen molar-refractivity contribution in [2.24, 2.45) is 0 Å². The van der Waals surface area contributed by atoms with Gasteiger partial charge in [0.25, 0.3) is 0 Å². The highest BCUT2D eigenvalue weighted by Gasteiger charge is 2.10. The van der Waals surface area contributed by atoms with Crippen LogP contribution in [-0.4, -0.2) is 31.7 Å². The number of benzene rings is 2. The van der Waals surface area contributed by atoms with Crippen LogP contribution in [0, 0.1) is 0 Å². The number of amides is 1. The second kappa shape index (κ2) is 8.08. The Kier molecular flexibility index (Phi) is 5.83. The van der Waals surface area contributed by atoms with Crippen molar-refractivity contribution in [2.75, 3.05) is 20.7 Å². The lowest BCUT2D eigenvalue weighted by atomic mass is 10.1. The largest absolute Gasteiger partial charge is 0.497 e. The molecule has 116 valence electrons. The molecule has 2 aromatic carbocycles. The van der Waals surface area contributed by atoms with Gasteiger partial charge in [-0.3, -0.25) is 0 Å². The summed E-state index contributed by atoms with van der Waals surface area (Å²) in [4.78, 5) is 13.5. The maximum atomic E-state index is 11.9. The zero-order chi connectivity index (χ0) is 15.8. The fourth-order valence-electron chi connectivity index (χ4n) is 2.01. The molecule has 22 heavy (non-hydrogen) atoms. The summed E-state index contributed by atoms with van der Waals surface area (Å²) in [5, 5.41) is 0. The molecular weight excluding hydrogens is 278 g/mol. The van der Waals surface area contributed by atoms with Crippen molar-refractivity contribution in [2.45, 2.75) is 13.0 Å². The number of carbonyl (C=O) groups excluding carboxylic acids is 1. The molecule has 4 heteroatoms. The minimum Gasteiger partial charge on any atom is -0.497 e. The lowest BCUT2D eigenvalue weighted by Gasteiger charge is -2.17. The van der Waals surface area contributed by atoms with E-state index in [1.807, 2.05) is 54.6 Å². The van der Waals surface area contributed by atoms with Gasteiger partial charge in [-0.25, -0.2) is 4.79 Å². The third-order valence-corrected chi connectivity index (χ3v) is 3.41. The summed E-state index contributed by atoms with van der Waals surface area (Å²) >= 11 is 0. The number of hydrogen-bond acceptors (Lipinski definition) is 3. The normalized spacial score (nSPS) is 10.1. The number of methoxy groups -OCH3 is 1. The van der Waals surface area contributed by atoms with Crippen LogP contribution in [0.25, 0.3) is 0 Å². The average molecular weight is 299 g/mol. The molecule has 0 aliphatic rings. The monoisotopic (exact) mass is 299 g/mol. The van der Waals surface area contributed by atoms with E-state index in [-0.39, 0.29) is 6.09 Å². The van der Waals surface area contributed by atoms with Crippen LogP contribution in [0.2, 0.25) is 0 Å². The molecule has 0 aliphatic carbocycles. The molecule has 0 aromatic heterocycles. The fraction of sp³-hybridized carbons (Fsp3) is 0.278.